The summed E-state index contributed by atoms with van der Waals surface area (Å²) in [4.78, 5) is 19.9. The van der Waals surface area contributed by atoms with E-state index in [2.05, 4.69) is 20.0 Å². The highest BCUT2D eigenvalue weighted by Gasteiger charge is 2.22. The molecular weight excluding hydrogens is 560 g/mol. The van der Waals surface area contributed by atoms with E-state index in [0.717, 1.165) is 30.0 Å². The lowest BCUT2D eigenvalue weighted by atomic mass is 9.86. The number of benzene rings is 2. The van der Waals surface area contributed by atoms with E-state index in [4.69, 9.17) is 15.2 Å². The highest BCUT2D eigenvalue weighted by molar-refractivity contribution is 7.92. The van der Waals surface area contributed by atoms with Crippen molar-refractivity contribution in [3.63, 3.8) is 0 Å². The summed E-state index contributed by atoms with van der Waals surface area (Å²) >= 11 is 0. The SMILES string of the molecule is COc1c(N)cc(C(C)(C)C)cc1NS(C)(=O)=O.Cn1c(C(=O)O)cc2cccc(Oc3ccnc(NC4CC4)n3)c21. The molecule has 1 saturated carbocycles. The van der Waals surface area contributed by atoms with Crippen molar-refractivity contribution in [3.8, 4) is 17.4 Å². The number of aromatic nitrogens is 3. The van der Waals surface area contributed by atoms with Gasteiger partial charge >= 0.3 is 5.97 Å². The van der Waals surface area contributed by atoms with Gasteiger partial charge in [0.1, 0.15) is 5.69 Å². The number of ether oxygens (including phenoxy) is 2. The summed E-state index contributed by atoms with van der Waals surface area (Å²) in [7, 11) is -0.213. The van der Waals surface area contributed by atoms with Gasteiger partial charge < -0.3 is 30.2 Å². The lowest BCUT2D eigenvalue weighted by Crippen LogP contribution is -2.15. The summed E-state index contributed by atoms with van der Waals surface area (Å²) in [6, 6.07) is 12.8. The van der Waals surface area contributed by atoms with Crippen molar-refractivity contribution in [2.75, 3.05) is 29.1 Å². The number of carbonyl (C=O) groups is 1. The predicted octanol–water partition coefficient (Wildman–Crippen LogP) is 4.98. The van der Waals surface area contributed by atoms with Crippen molar-refractivity contribution in [2.45, 2.75) is 45.1 Å². The van der Waals surface area contributed by atoms with Crippen LogP contribution in [0.1, 0.15) is 49.7 Å². The number of hydrogen-bond acceptors (Lipinski definition) is 9. The zero-order valence-corrected chi connectivity index (χ0v) is 25.2. The van der Waals surface area contributed by atoms with Crippen molar-refractivity contribution >= 4 is 44.2 Å². The molecule has 2 aromatic carbocycles. The molecule has 1 aliphatic carbocycles. The molecule has 0 amide bonds. The van der Waals surface area contributed by atoms with Crippen LogP contribution in [0.4, 0.5) is 17.3 Å². The minimum Gasteiger partial charge on any atom is -0.492 e. The molecule has 12 nitrogen and oxygen atoms in total. The fourth-order valence-corrected chi connectivity index (χ4v) is 4.80. The van der Waals surface area contributed by atoms with Gasteiger partial charge in [0, 0.05) is 30.7 Å². The number of para-hydroxylation sites is 1. The molecule has 0 bridgehead atoms. The van der Waals surface area contributed by atoms with Gasteiger partial charge in [-0.15, -0.1) is 0 Å². The summed E-state index contributed by atoms with van der Waals surface area (Å²) < 4.78 is 37.7. The summed E-state index contributed by atoms with van der Waals surface area (Å²) in [5.74, 6) is 0.878. The Labute approximate surface area is 244 Å². The average Bonchev–Trinajstić information content (AvgIpc) is 3.63. The number of anilines is 3. The molecule has 0 aliphatic heterocycles. The Hall–Kier alpha value is -4.52. The third-order valence-corrected chi connectivity index (χ3v) is 7.07. The fourth-order valence-electron chi connectivity index (χ4n) is 4.25. The first-order chi connectivity index (χ1) is 19.7. The molecule has 5 rings (SSSR count). The molecule has 1 fully saturated rings. The first-order valence-corrected chi connectivity index (χ1v) is 15.1. The Morgan fingerprint density at radius 1 is 1.17 bits per heavy atom. The minimum atomic E-state index is -3.37. The van der Waals surface area contributed by atoms with Crippen LogP contribution in [0.15, 0.2) is 48.7 Å². The van der Waals surface area contributed by atoms with E-state index in [1.54, 1.807) is 48.1 Å². The Balaban J connectivity index is 0.000000202. The molecule has 2 heterocycles. The highest BCUT2D eigenvalue weighted by Crippen LogP contribution is 2.37. The molecule has 0 atom stereocenters. The van der Waals surface area contributed by atoms with E-state index >= 15 is 0 Å². The van der Waals surface area contributed by atoms with E-state index in [0.29, 0.717) is 46.3 Å². The van der Waals surface area contributed by atoms with Crippen LogP contribution in [0.5, 0.6) is 17.4 Å². The van der Waals surface area contributed by atoms with Crippen LogP contribution in [0.2, 0.25) is 0 Å². The third-order valence-electron chi connectivity index (χ3n) is 6.48. The van der Waals surface area contributed by atoms with Gasteiger partial charge in [-0.25, -0.2) is 18.2 Å². The number of methoxy groups -OCH3 is 1. The largest absolute Gasteiger partial charge is 0.492 e. The Bertz CT molecular complexity index is 1720. The van der Waals surface area contributed by atoms with Gasteiger partial charge in [-0.3, -0.25) is 4.72 Å². The molecule has 0 radical (unpaired) electrons. The number of carboxylic acid groups (broad SMARTS) is 1. The van der Waals surface area contributed by atoms with E-state index in [1.165, 1.54) is 7.11 Å². The predicted molar refractivity (Wildman–Crippen MR) is 163 cm³/mol. The van der Waals surface area contributed by atoms with Gasteiger partial charge in [-0.05, 0) is 48.1 Å². The second-order valence-corrected chi connectivity index (χ2v) is 12.8. The Morgan fingerprint density at radius 2 is 1.88 bits per heavy atom. The second kappa shape index (κ2) is 11.8. The van der Waals surface area contributed by atoms with Gasteiger partial charge in [0.05, 0.1) is 30.3 Å². The molecule has 1 aliphatic rings. The highest BCUT2D eigenvalue weighted by atomic mass is 32.2. The van der Waals surface area contributed by atoms with Crippen LogP contribution in [-0.2, 0) is 22.5 Å². The number of sulfonamides is 1. The molecule has 13 heteroatoms. The van der Waals surface area contributed by atoms with Crippen molar-refractivity contribution in [1.82, 2.24) is 14.5 Å². The molecule has 4 aromatic rings. The lowest BCUT2D eigenvalue weighted by Gasteiger charge is -2.22. The molecular formula is C29H36N6O6S. The summed E-state index contributed by atoms with van der Waals surface area (Å²) in [5.41, 5.74) is 8.39. The standard InChI is InChI=1S/C17H16N4O3.C12H20N2O3S/c1-21-12(16(22)23)9-10-3-2-4-13(15(10)21)24-14-7-8-18-17(20-14)19-11-5-6-11;1-12(2,3)8-6-9(13)11(17-4)10(7-8)14-18(5,15)16/h2-4,7-9,11H,5-6H2,1H3,(H,22,23)(H,18,19,20);6-7,14H,13H2,1-5H3. The zero-order chi connectivity index (χ0) is 30.8. The maximum Gasteiger partial charge on any atom is 0.352 e. The molecule has 2 aromatic heterocycles. The van der Waals surface area contributed by atoms with Gasteiger partial charge in [0.25, 0.3) is 0 Å². The number of nitrogens with zero attached hydrogens (tertiary/aromatic N) is 3. The first kappa shape index (κ1) is 30.4. The van der Waals surface area contributed by atoms with Crippen LogP contribution in [-0.4, -0.2) is 53.4 Å². The van der Waals surface area contributed by atoms with Crippen LogP contribution >= 0.6 is 0 Å². The summed E-state index contributed by atoms with van der Waals surface area (Å²) in [6.45, 7) is 6.08. The molecule has 0 saturated heterocycles. The molecule has 5 N–H and O–H groups in total. The molecule has 0 unspecified atom stereocenters. The van der Waals surface area contributed by atoms with Crippen molar-refractivity contribution in [3.05, 3.63) is 59.9 Å². The van der Waals surface area contributed by atoms with Crippen molar-refractivity contribution in [2.24, 2.45) is 7.05 Å². The monoisotopic (exact) mass is 596 g/mol. The van der Waals surface area contributed by atoms with Crippen LogP contribution in [0, 0.1) is 0 Å². The van der Waals surface area contributed by atoms with E-state index in [9.17, 15) is 18.3 Å². The minimum absolute atomic E-state index is 0.131. The first-order valence-electron chi connectivity index (χ1n) is 13.2. The summed E-state index contributed by atoms with van der Waals surface area (Å²) in [5, 5.41) is 13.3. The Kier molecular flexibility index (Phi) is 8.53. The van der Waals surface area contributed by atoms with Crippen molar-refractivity contribution in [1.29, 1.82) is 0 Å². The topological polar surface area (TPSA) is 171 Å². The summed E-state index contributed by atoms with van der Waals surface area (Å²) in [6.07, 6.45) is 5.00. The van der Waals surface area contributed by atoms with E-state index < -0.39 is 16.0 Å². The van der Waals surface area contributed by atoms with Crippen LogP contribution in [0.3, 0.4) is 0 Å². The van der Waals surface area contributed by atoms with Gasteiger partial charge in [-0.1, -0.05) is 32.9 Å². The quantitative estimate of drug-likeness (QED) is 0.203. The van der Waals surface area contributed by atoms with Crippen LogP contribution in [0.25, 0.3) is 10.9 Å². The molecule has 42 heavy (non-hydrogen) atoms. The number of nitrogens with two attached hydrogens (primary N) is 1. The molecule has 0 spiro atoms. The Morgan fingerprint density at radius 3 is 2.48 bits per heavy atom. The third kappa shape index (κ3) is 7.40. The smallest absolute Gasteiger partial charge is 0.352 e. The molecule has 224 valence electrons. The number of nitrogens with one attached hydrogen (secondary N) is 2. The number of nitrogen functional groups attached to an aromatic ring is 1. The van der Waals surface area contributed by atoms with Crippen molar-refractivity contribution < 1.29 is 27.8 Å². The van der Waals surface area contributed by atoms with Gasteiger partial charge in [-0.2, -0.15) is 4.98 Å². The normalized spacial score (nSPS) is 13.2. The van der Waals surface area contributed by atoms with E-state index in [-0.39, 0.29) is 11.1 Å². The maximum absolute atomic E-state index is 11.3. The number of carboxylic acids is 1. The second-order valence-electron chi connectivity index (χ2n) is 11.1. The van der Waals surface area contributed by atoms with Gasteiger partial charge in [0.15, 0.2) is 11.5 Å². The lowest BCUT2D eigenvalue weighted by molar-refractivity contribution is 0.0687. The zero-order valence-electron chi connectivity index (χ0n) is 24.4. The number of hydrogen-bond donors (Lipinski definition) is 4. The van der Waals surface area contributed by atoms with E-state index in [1.807, 2.05) is 32.9 Å². The maximum atomic E-state index is 11.3. The number of rotatable bonds is 8. The fraction of sp³-hybridized carbons (Fsp3) is 0.345. The average molecular weight is 597 g/mol. The van der Waals surface area contributed by atoms with Gasteiger partial charge in [0.2, 0.25) is 21.9 Å². The van der Waals surface area contributed by atoms with Crippen LogP contribution < -0.4 is 25.2 Å². The number of aromatic carboxylic acids is 1. The number of fused-ring (bicyclic) bond motifs is 1. The number of aryl methyl sites for hydroxylation is 1.